The van der Waals surface area contributed by atoms with Crippen molar-refractivity contribution in [1.82, 2.24) is 0 Å². The van der Waals surface area contributed by atoms with Gasteiger partial charge in [-0.05, 0) is 176 Å². The van der Waals surface area contributed by atoms with E-state index in [9.17, 15) is 0 Å². The minimum atomic E-state index is -0.110. The van der Waals surface area contributed by atoms with Gasteiger partial charge in [0, 0.05) is 70.5 Å². The van der Waals surface area contributed by atoms with Gasteiger partial charge in [0.15, 0.2) is 0 Å². The number of thiophene rings is 1. The summed E-state index contributed by atoms with van der Waals surface area (Å²) in [6.45, 7) is 29.6. The third-order valence-corrected chi connectivity index (χ3v) is 20.4. The molecule has 0 unspecified atom stereocenters. The van der Waals surface area contributed by atoms with E-state index < -0.39 is 0 Å². The van der Waals surface area contributed by atoms with Crippen LogP contribution >= 0.6 is 11.3 Å². The summed E-state index contributed by atoms with van der Waals surface area (Å²) in [5, 5.41) is 4.98. The second kappa shape index (κ2) is 14.0. The van der Waals surface area contributed by atoms with Crippen LogP contribution in [0, 0.1) is 0 Å². The second-order valence-electron chi connectivity index (χ2n) is 26.5. The summed E-state index contributed by atoms with van der Waals surface area (Å²) in [6, 6.07) is 45.9. The van der Waals surface area contributed by atoms with Crippen molar-refractivity contribution in [2.24, 2.45) is 0 Å². The predicted molar refractivity (Wildman–Crippen MR) is 306 cm³/mol. The molecule has 5 heteroatoms. The zero-order valence-corrected chi connectivity index (χ0v) is 44.8. The van der Waals surface area contributed by atoms with Gasteiger partial charge in [-0.3, -0.25) is 0 Å². The molecule has 71 heavy (non-hydrogen) atoms. The lowest BCUT2D eigenvalue weighted by molar-refractivity contribution is 0.332. The van der Waals surface area contributed by atoms with Crippen LogP contribution in [0.25, 0.3) is 53.2 Å². The van der Waals surface area contributed by atoms with Crippen molar-refractivity contribution in [1.29, 1.82) is 0 Å². The molecule has 0 atom stereocenters. The summed E-state index contributed by atoms with van der Waals surface area (Å²) in [5.74, 6) is 0. The summed E-state index contributed by atoms with van der Waals surface area (Å²) < 4.78 is 9.57. The summed E-state index contributed by atoms with van der Waals surface area (Å²) in [7, 11) is 0. The summed E-state index contributed by atoms with van der Waals surface area (Å²) in [5.41, 5.74) is 22.9. The average Bonchev–Trinajstić information content (AvgIpc) is 3.90. The maximum absolute atomic E-state index is 6.88. The molecule has 0 fully saturated rings. The van der Waals surface area contributed by atoms with E-state index in [4.69, 9.17) is 4.42 Å². The fraction of sp³-hybridized carbons (Fsp3) is 0.364. The number of hydrogen-bond acceptors (Lipinski definition) is 4. The van der Waals surface area contributed by atoms with Crippen LogP contribution in [0.15, 0.2) is 120 Å². The van der Waals surface area contributed by atoms with Crippen LogP contribution in [-0.2, 0) is 32.5 Å². The normalized spacial score (nSPS) is 20.4. The number of benzene rings is 7. The molecule has 5 aliphatic rings. The Hall–Kier alpha value is -5.78. The number of rotatable bonds is 2. The monoisotopic (exact) mass is 947 g/mol. The molecule has 7 aromatic carbocycles. The highest BCUT2D eigenvalue weighted by atomic mass is 32.1. The fourth-order valence-electron chi connectivity index (χ4n) is 14.5. The van der Waals surface area contributed by atoms with Crippen molar-refractivity contribution in [2.75, 3.05) is 9.71 Å². The summed E-state index contributed by atoms with van der Waals surface area (Å²) in [4.78, 5) is 5.52. The standard InChI is InChI=1S/C66H67BN2OS/c1-61(2)25-27-63(5,6)47-31-38(21-23-45(47)61)68-53-37-50-49(65(9,10)29-30-66(50,11)12)36-51(53)67-59-54(68)34-43-41-18-14-16-20-57(41)71-60(43)58(59)44-35-56-42(40-17-13-15-19-55(40)70-56)33-52(44)69(67)39-22-24-46-48(32-39)64(7,8)28-26-62(46,3)4/h13-24,31-37H,25-30H2,1-12H3. The second-order valence-corrected chi connectivity index (χ2v) is 27.5. The van der Waals surface area contributed by atoms with E-state index >= 15 is 0 Å². The van der Waals surface area contributed by atoms with Gasteiger partial charge in [0.2, 0.25) is 0 Å². The first-order valence-electron chi connectivity index (χ1n) is 26.7. The highest BCUT2D eigenvalue weighted by molar-refractivity contribution is 7.26. The van der Waals surface area contributed by atoms with Gasteiger partial charge in [-0.2, -0.15) is 0 Å². The van der Waals surface area contributed by atoms with Gasteiger partial charge in [-0.15, -0.1) is 11.3 Å². The van der Waals surface area contributed by atoms with Crippen molar-refractivity contribution in [3.63, 3.8) is 0 Å². The molecule has 356 valence electrons. The zero-order valence-electron chi connectivity index (χ0n) is 44.0. The molecular weight excluding hydrogens is 880 g/mol. The molecule has 14 rings (SSSR count). The number of para-hydroxylation sites is 1. The van der Waals surface area contributed by atoms with Crippen LogP contribution in [-0.4, -0.2) is 6.85 Å². The highest BCUT2D eigenvalue weighted by Crippen LogP contribution is 2.57. The van der Waals surface area contributed by atoms with E-state index in [2.05, 4.69) is 208 Å². The van der Waals surface area contributed by atoms with Crippen LogP contribution in [0.2, 0.25) is 0 Å². The Balaban J connectivity index is 1.17. The van der Waals surface area contributed by atoms with E-state index in [1.54, 1.807) is 0 Å². The van der Waals surface area contributed by atoms with E-state index in [0.29, 0.717) is 0 Å². The predicted octanol–water partition coefficient (Wildman–Crippen LogP) is 17.7. The zero-order chi connectivity index (χ0) is 49.1. The maximum Gasteiger partial charge on any atom is 0.333 e. The summed E-state index contributed by atoms with van der Waals surface area (Å²) in [6.07, 6.45) is 7.04. The molecule has 2 aromatic heterocycles. The minimum Gasteiger partial charge on any atom is -0.456 e. The van der Waals surface area contributed by atoms with Gasteiger partial charge < -0.3 is 14.1 Å². The maximum atomic E-state index is 6.88. The third kappa shape index (κ3) is 6.02. The van der Waals surface area contributed by atoms with Crippen molar-refractivity contribution < 1.29 is 4.42 Å². The Morgan fingerprint density at radius 1 is 0.437 bits per heavy atom. The molecule has 0 spiro atoms. The Labute approximate surface area is 425 Å². The molecule has 0 saturated heterocycles. The van der Waals surface area contributed by atoms with Crippen molar-refractivity contribution in [2.45, 2.75) is 154 Å². The molecule has 3 aliphatic carbocycles. The van der Waals surface area contributed by atoms with Crippen molar-refractivity contribution in [3.8, 4) is 11.1 Å². The minimum absolute atomic E-state index is 0.0192. The van der Waals surface area contributed by atoms with Gasteiger partial charge in [0.1, 0.15) is 11.2 Å². The lowest BCUT2D eigenvalue weighted by atomic mass is 9.42. The topological polar surface area (TPSA) is 19.6 Å². The molecule has 2 aliphatic heterocycles. The van der Waals surface area contributed by atoms with Gasteiger partial charge >= 0.3 is 6.85 Å². The first kappa shape index (κ1) is 44.0. The molecule has 0 amide bonds. The van der Waals surface area contributed by atoms with Gasteiger partial charge in [0.05, 0.1) is 0 Å². The first-order chi connectivity index (χ1) is 33.6. The number of anilines is 5. The van der Waals surface area contributed by atoms with Gasteiger partial charge in [-0.1, -0.05) is 138 Å². The Kier molecular flexibility index (Phi) is 8.69. The Morgan fingerprint density at radius 3 is 1.61 bits per heavy atom. The van der Waals surface area contributed by atoms with E-state index in [-0.39, 0.29) is 39.3 Å². The number of hydrogen-bond donors (Lipinski definition) is 0. The van der Waals surface area contributed by atoms with Crippen LogP contribution < -0.4 is 20.6 Å². The smallest absolute Gasteiger partial charge is 0.333 e. The Bertz CT molecular complexity index is 3820. The van der Waals surface area contributed by atoms with E-state index in [1.807, 2.05) is 11.3 Å². The van der Waals surface area contributed by atoms with Crippen molar-refractivity contribution >= 4 is 99.7 Å². The highest BCUT2D eigenvalue weighted by Gasteiger charge is 2.50. The molecule has 0 N–H and O–H groups in total. The quantitative estimate of drug-likeness (QED) is 0.161. The van der Waals surface area contributed by atoms with Crippen LogP contribution in [0.5, 0.6) is 0 Å². The van der Waals surface area contributed by atoms with Crippen LogP contribution in [0.3, 0.4) is 0 Å². The molecule has 0 saturated carbocycles. The molecule has 4 heterocycles. The molecule has 3 nitrogen and oxygen atoms in total. The molecule has 0 radical (unpaired) electrons. The van der Waals surface area contributed by atoms with Crippen molar-refractivity contribution in [3.05, 3.63) is 149 Å². The molecule has 9 aromatic rings. The van der Waals surface area contributed by atoms with E-state index in [0.717, 1.165) is 29.4 Å². The average molecular weight is 947 g/mol. The van der Waals surface area contributed by atoms with Gasteiger partial charge in [-0.25, -0.2) is 0 Å². The molecular formula is C66H67BN2OS. The lowest BCUT2D eigenvalue weighted by Crippen LogP contribution is -2.62. The van der Waals surface area contributed by atoms with Crippen LogP contribution in [0.4, 0.5) is 28.4 Å². The van der Waals surface area contributed by atoms with Crippen LogP contribution in [0.1, 0.15) is 155 Å². The largest absolute Gasteiger partial charge is 0.456 e. The number of fused-ring (bicyclic) bond motifs is 14. The number of furan rings is 1. The fourth-order valence-corrected chi connectivity index (χ4v) is 15.7. The lowest BCUT2D eigenvalue weighted by Gasteiger charge is -2.49. The third-order valence-electron chi connectivity index (χ3n) is 19.2. The SMILES string of the molecule is CC1(C)CCC(C)(C)c2cc(N3B4c5cc6c(cc5N(c5ccc7c(c5)C(C)(C)CCC7(C)C)c5cc7c(sc8ccccc87)c(c54)-c4cc5oc7ccccc7c5cc43)C(C)(C)CCC6(C)C)ccc21. The molecule has 0 bridgehead atoms. The summed E-state index contributed by atoms with van der Waals surface area (Å²) >= 11 is 1.96. The van der Waals surface area contributed by atoms with Gasteiger partial charge in [0.25, 0.3) is 0 Å². The Morgan fingerprint density at radius 2 is 0.958 bits per heavy atom. The first-order valence-corrected chi connectivity index (χ1v) is 27.5. The number of nitrogens with zero attached hydrogens (tertiary/aromatic N) is 2. The van der Waals surface area contributed by atoms with E-state index in [1.165, 1.54) is 135 Å².